The summed E-state index contributed by atoms with van der Waals surface area (Å²) >= 11 is 0. The number of anilines is 1. The van der Waals surface area contributed by atoms with Crippen molar-refractivity contribution in [3.8, 4) is 0 Å². The van der Waals surface area contributed by atoms with Crippen LogP contribution in [0.1, 0.15) is 25.7 Å². The maximum absolute atomic E-state index is 12.0. The zero-order chi connectivity index (χ0) is 14.8. The molecule has 1 aromatic carbocycles. The molecule has 1 amide bonds. The van der Waals surface area contributed by atoms with E-state index in [4.69, 9.17) is 10.9 Å². The van der Waals surface area contributed by atoms with Crippen molar-refractivity contribution >= 4 is 21.6 Å². The highest BCUT2D eigenvalue weighted by molar-refractivity contribution is 7.89. The molecule has 0 heterocycles. The molecule has 0 aromatic heterocycles. The quantitative estimate of drug-likeness (QED) is 0.745. The van der Waals surface area contributed by atoms with Crippen LogP contribution in [0.5, 0.6) is 0 Å². The number of hydrogen-bond donors (Lipinski definition) is 3. The summed E-state index contributed by atoms with van der Waals surface area (Å²) in [5.41, 5.74) is 6.22. The van der Waals surface area contributed by atoms with Gasteiger partial charge < -0.3 is 11.1 Å². The highest BCUT2D eigenvalue weighted by Crippen LogP contribution is 2.43. The van der Waals surface area contributed by atoms with Gasteiger partial charge in [-0.2, -0.15) is 0 Å². The first-order chi connectivity index (χ1) is 9.35. The Bertz CT molecular complexity index is 586. The van der Waals surface area contributed by atoms with E-state index in [0.717, 1.165) is 19.3 Å². The minimum absolute atomic E-state index is 0.0212. The van der Waals surface area contributed by atoms with Crippen LogP contribution >= 0.6 is 0 Å². The molecule has 1 aliphatic carbocycles. The van der Waals surface area contributed by atoms with Crippen molar-refractivity contribution < 1.29 is 13.2 Å². The highest BCUT2D eigenvalue weighted by Gasteiger charge is 2.37. The number of sulfonamides is 1. The lowest BCUT2D eigenvalue weighted by Gasteiger charge is -2.40. The molecule has 0 spiro atoms. The van der Waals surface area contributed by atoms with Gasteiger partial charge >= 0.3 is 0 Å². The second kappa shape index (κ2) is 5.51. The van der Waals surface area contributed by atoms with Crippen molar-refractivity contribution in [3.63, 3.8) is 0 Å². The standard InChI is InChI=1S/C13H19N3O3S/c14-9-13(6-1-7-13)8-12(17)16-10-2-4-11(5-3-10)20(15,18)19/h2-5H,1,6-9,14H2,(H,16,17)(H2,15,18,19). The van der Waals surface area contributed by atoms with Crippen LogP contribution in [0.4, 0.5) is 5.69 Å². The monoisotopic (exact) mass is 297 g/mol. The van der Waals surface area contributed by atoms with Gasteiger partial charge in [0.05, 0.1) is 4.90 Å². The summed E-state index contributed by atoms with van der Waals surface area (Å²) in [6, 6.07) is 5.78. The number of primary sulfonamides is 1. The van der Waals surface area contributed by atoms with Crippen LogP contribution in [0.15, 0.2) is 29.2 Å². The number of nitrogens with one attached hydrogen (secondary N) is 1. The Morgan fingerprint density at radius 2 is 1.85 bits per heavy atom. The van der Waals surface area contributed by atoms with Crippen molar-refractivity contribution in [2.75, 3.05) is 11.9 Å². The second-order valence-electron chi connectivity index (χ2n) is 5.35. The van der Waals surface area contributed by atoms with Gasteiger partial charge in [-0.3, -0.25) is 4.79 Å². The van der Waals surface area contributed by atoms with E-state index in [-0.39, 0.29) is 16.2 Å². The molecule has 1 saturated carbocycles. The summed E-state index contributed by atoms with van der Waals surface area (Å²) < 4.78 is 22.2. The molecule has 1 fully saturated rings. The zero-order valence-electron chi connectivity index (χ0n) is 11.1. The molecule has 2 rings (SSSR count). The first-order valence-electron chi connectivity index (χ1n) is 6.47. The molecule has 6 nitrogen and oxygen atoms in total. The van der Waals surface area contributed by atoms with E-state index in [1.54, 1.807) is 0 Å². The molecule has 1 aromatic rings. The molecule has 0 saturated heterocycles. The van der Waals surface area contributed by atoms with Crippen molar-refractivity contribution in [1.82, 2.24) is 0 Å². The summed E-state index contributed by atoms with van der Waals surface area (Å²) in [7, 11) is -3.70. The van der Waals surface area contributed by atoms with Gasteiger partial charge in [0.1, 0.15) is 0 Å². The van der Waals surface area contributed by atoms with Crippen LogP contribution in [0, 0.1) is 5.41 Å². The lowest BCUT2D eigenvalue weighted by molar-refractivity contribution is -0.119. The normalized spacial score (nSPS) is 17.3. The minimum atomic E-state index is -3.70. The van der Waals surface area contributed by atoms with Gasteiger partial charge in [-0.1, -0.05) is 6.42 Å². The predicted octanol–water partition coefficient (Wildman–Crippen LogP) is 0.792. The Kier molecular flexibility index (Phi) is 4.12. The molecule has 20 heavy (non-hydrogen) atoms. The molecular weight excluding hydrogens is 278 g/mol. The lowest BCUT2D eigenvalue weighted by Crippen LogP contribution is -2.40. The van der Waals surface area contributed by atoms with Gasteiger partial charge in [0.15, 0.2) is 0 Å². The van der Waals surface area contributed by atoms with Gasteiger partial charge in [0.2, 0.25) is 15.9 Å². The number of benzene rings is 1. The number of nitrogens with two attached hydrogens (primary N) is 2. The Morgan fingerprint density at radius 3 is 2.25 bits per heavy atom. The maximum Gasteiger partial charge on any atom is 0.238 e. The van der Waals surface area contributed by atoms with E-state index < -0.39 is 10.0 Å². The van der Waals surface area contributed by atoms with Gasteiger partial charge in [0, 0.05) is 12.1 Å². The fourth-order valence-corrected chi connectivity index (χ4v) is 2.92. The molecule has 1 aliphatic rings. The van der Waals surface area contributed by atoms with E-state index in [9.17, 15) is 13.2 Å². The zero-order valence-corrected chi connectivity index (χ0v) is 11.9. The third-order valence-corrected chi connectivity index (χ3v) is 4.78. The summed E-state index contributed by atoms with van der Waals surface area (Å²) in [5, 5.41) is 7.75. The van der Waals surface area contributed by atoms with Crippen molar-refractivity contribution in [1.29, 1.82) is 0 Å². The smallest absolute Gasteiger partial charge is 0.238 e. The molecule has 0 atom stereocenters. The maximum atomic E-state index is 12.0. The topological polar surface area (TPSA) is 115 Å². The summed E-state index contributed by atoms with van der Waals surface area (Å²) in [4.78, 5) is 12.0. The number of hydrogen-bond acceptors (Lipinski definition) is 4. The van der Waals surface area contributed by atoms with Gasteiger partial charge in [0.25, 0.3) is 0 Å². The Morgan fingerprint density at radius 1 is 1.25 bits per heavy atom. The van der Waals surface area contributed by atoms with Crippen LogP contribution in [0.3, 0.4) is 0 Å². The van der Waals surface area contributed by atoms with Gasteiger partial charge in [-0.25, -0.2) is 13.6 Å². The van der Waals surface area contributed by atoms with E-state index in [2.05, 4.69) is 5.32 Å². The van der Waals surface area contributed by atoms with Crippen molar-refractivity contribution in [3.05, 3.63) is 24.3 Å². The molecule has 0 radical (unpaired) electrons. The third kappa shape index (κ3) is 3.36. The number of carbonyl (C=O) groups excluding carboxylic acids is 1. The second-order valence-corrected chi connectivity index (χ2v) is 6.91. The SMILES string of the molecule is NCC1(CC(=O)Nc2ccc(S(N)(=O)=O)cc2)CCC1. The number of carbonyl (C=O) groups is 1. The number of rotatable bonds is 5. The Labute approximate surface area is 118 Å². The first-order valence-corrected chi connectivity index (χ1v) is 8.02. The van der Waals surface area contributed by atoms with Crippen molar-refractivity contribution in [2.45, 2.75) is 30.6 Å². The molecular formula is C13H19N3O3S. The van der Waals surface area contributed by atoms with E-state index in [1.807, 2.05) is 0 Å². The first kappa shape index (κ1) is 15.0. The summed E-state index contributed by atoms with van der Waals surface area (Å²) in [5.74, 6) is -0.0986. The molecule has 0 bridgehead atoms. The van der Waals surface area contributed by atoms with Crippen LogP contribution in [0.2, 0.25) is 0 Å². The van der Waals surface area contributed by atoms with Crippen LogP contribution in [-0.4, -0.2) is 20.9 Å². The minimum Gasteiger partial charge on any atom is -0.330 e. The van der Waals surface area contributed by atoms with Gasteiger partial charge in [-0.15, -0.1) is 0 Å². The molecule has 0 aliphatic heterocycles. The molecule has 7 heteroatoms. The summed E-state index contributed by atoms with van der Waals surface area (Å²) in [6.07, 6.45) is 3.50. The van der Waals surface area contributed by atoms with Crippen molar-refractivity contribution in [2.24, 2.45) is 16.3 Å². The highest BCUT2D eigenvalue weighted by atomic mass is 32.2. The molecule has 110 valence electrons. The largest absolute Gasteiger partial charge is 0.330 e. The Hall–Kier alpha value is -1.44. The molecule has 5 N–H and O–H groups in total. The van der Waals surface area contributed by atoms with E-state index >= 15 is 0 Å². The fourth-order valence-electron chi connectivity index (χ4n) is 2.40. The summed E-state index contributed by atoms with van der Waals surface area (Å²) in [6.45, 7) is 0.519. The lowest BCUT2D eigenvalue weighted by atomic mass is 9.66. The third-order valence-electron chi connectivity index (χ3n) is 3.85. The van der Waals surface area contributed by atoms with E-state index in [1.165, 1.54) is 24.3 Å². The van der Waals surface area contributed by atoms with E-state index in [0.29, 0.717) is 18.7 Å². The van der Waals surface area contributed by atoms with Crippen LogP contribution < -0.4 is 16.2 Å². The average Bonchev–Trinajstić information content (AvgIpc) is 2.33. The van der Waals surface area contributed by atoms with Gasteiger partial charge in [-0.05, 0) is 49.1 Å². The Balaban J connectivity index is 1.98. The average molecular weight is 297 g/mol. The van der Waals surface area contributed by atoms with Crippen LogP contribution in [-0.2, 0) is 14.8 Å². The predicted molar refractivity (Wildman–Crippen MR) is 76.4 cm³/mol. The molecule has 0 unspecified atom stereocenters. The van der Waals surface area contributed by atoms with Crippen LogP contribution in [0.25, 0.3) is 0 Å². The fraction of sp³-hybridized carbons (Fsp3) is 0.462. The number of amides is 1.